The molecule has 0 aliphatic heterocycles. The van der Waals surface area contributed by atoms with Crippen molar-refractivity contribution in [1.29, 1.82) is 0 Å². The minimum absolute atomic E-state index is 0.00798. The number of unbranched alkanes of at least 4 members (excludes halogenated alkanes) is 1. The third-order valence-electron chi connectivity index (χ3n) is 5.21. The van der Waals surface area contributed by atoms with E-state index in [-0.39, 0.29) is 18.6 Å². The number of benzene rings is 1. The van der Waals surface area contributed by atoms with E-state index in [1.165, 1.54) is 31.2 Å². The monoisotopic (exact) mass is 497 g/mol. The molecule has 0 saturated heterocycles. The molecule has 196 valence electrons. The van der Waals surface area contributed by atoms with Crippen molar-refractivity contribution in [2.75, 3.05) is 13.2 Å². The average molecular weight is 498 g/mol. The summed E-state index contributed by atoms with van der Waals surface area (Å²) in [6.45, 7) is 0.833. The van der Waals surface area contributed by atoms with Gasteiger partial charge >= 0.3 is 5.97 Å². The molecular weight excluding hydrogens is 462 g/mol. The molecule has 1 aromatic carbocycles. The van der Waals surface area contributed by atoms with E-state index in [2.05, 4.69) is 16.0 Å². The molecule has 0 bridgehead atoms. The molecule has 5 atom stereocenters. The SMILES string of the molecule is C[C@H](O)[C@@H](N)C(=O)N[C@@H](Cc1ccc(O)cc1)C(=O)N[C@@H](CO)C(=O)N[C@@H](CCCCN)C(=O)O. The smallest absolute Gasteiger partial charge is 0.326 e. The molecule has 0 radical (unpaired) electrons. The molecule has 13 nitrogen and oxygen atoms in total. The maximum Gasteiger partial charge on any atom is 0.326 e. The highest BCUT2D eigenvalue weighted by atomic mass is 16.4. The number of rotatable bonds is 15. The molecule has 35 heavy (non-hydrogen) atoms. The minimum Gasteiger partial charge on any atom is -0.508 e. The number of phenolic OH excluding ortho intramolecular Hbond substituents is 1. The molecule has 1 aromatic rings. The van der Waals surface area contributed by atoms with E-state index in [4.69, 9.17) is 11.5 Å². The van der Waals surface area contributed by atoms with E-state index >= 15 is 0 Å². The number of phenols is 1. The van der Waals surface area contributed by atoms with Gasteiger partial charge in [-0.05, 0) is 50.4 Å². The lowest BCUT2D eigenvalue weighted by molar-refractivity contribution is -0.142. The lowest BCUT2D eigenvalue weighted by Crippen LogP contribution is -2.59. The first-order chi connectivity index (χ1) is 16.5. The zero-order valence-electron chi connectivity index (χ0n) is 19.5. The maximum atomic E-state index is 12.9. The first-order valence-electron chi connectivity index (χ1n) is 11.2. The number of carbonyl (C=O) groups is 4. The lowest BCUT2D eigenvalue weighted by Gasteiger charge is -2.25. The van der Waals surface area contributed by atoms with Gasteiger partial charge in [-0.25, -0.2) is 4.79 Å². The summed E-state index contributed by atoms with van der Waals surface area (Å²) in [5.41, 5.74) is 11.6. The summed E-state index contributed by atoms with van der Waals surface area (Å²) in [6.07, 6.45) is -0.140. The molecule has 0 heterocycles. The Bertz CT molecular complexity index is 849. The Hall–Kier alpha value is -3.26. The molecule has 0 aliphatic carbocycles. The number of carboxylic acids is 1. The van der Waals surface area contributed by atoms with Gasteiger partial charge in [-0.1, -0.05) is 12.1 Å². The van der Waals surface area contributed by atoms with Crippen LogP contribution in [0.15, 0.2) is 24.3 Å². The molecule has 0 spiro atoms. The Labute approximate surface area is 202 Å². The minimum atomic E-state index is -1.50. The largest absolute Gasteiger partial charge is 0.508 e. The molecule has 0 aliphatic rings. The highest BCUT2D eigenvalue weighted by Crippen LogP contribution is 2.12. The van der Waals surface area contributed by atoms with E-state index in [9.17, 15) is 39.6 Å². The normalized spacial score (nSPS) is 15.2. The van der Waals surface area contributed by atoms with Crippen molar-refractivity contribution in [1.82, 2.24) is 16.0 Å². The fourth-order valence-corrected chi connectivity index (χ4v) is 3.05. The highest BCUT2D eigenvalue weighted by Gasteiger charge is 2.30. The highest BCUT2D eigenvalue weighted by molar-refractivity contribution is 5.94. The zero-order valence-corrected chi connectivity index (χ0v) is 19.5. The summed E-state index contributed by atoms with van der Waals surface area (Å²) < 4.78 is 0. The first kappa shape index (κ1) is 29.8. The van der Waals surface area contributed by atoms with Gasteiger partial charge in [0.1, 0.15) is 29.9 Å². The van der Waals surface area contributed by atoms with E-state index in [0.717, 1.165) is 0 Å². The van der Waals surface area contributed by atoms with Crippen LogP contribution in [-0.2, 0) is 25.6 Å². The molecule has 3 amide bonds. The summed E-state index contributed by atoms with van der Waals surface area (Å²) in [7, 11) is 0. The third kappa shape index (κ3) is 10.3. The van der Waals surface area contributed by atoms with Gasteiger partial charge in [0.05, 0.1) is 12.7 Å². The van der Waals surface area contributed by atoms with Crippen LogP contribution in [0.4, 0.5) is 0 Å². The van der Waals surface area contributed by atoms with Crippen LogP contribution in [0.2, 0.25) is 0 Å². The Balaban J connectivity index is 2.97. The number of nitrogens with two attached hydrogens (primary N) is 2. The van der Waals surface area contributed by atoms with Crippen LogP contribution in [0.5, 0.6) is 5.75 Å². The average Bonchev–Trinajstić information content (AvgIpc) is 2.81. The van der Waals surface area contributed by atoms with Gasteiger partial charge in [0.15, 0.2) is 0 Å². The first-order valence-corrected chi connectivity index (χ1v) is 11.2. The maximum absolute atomic E-state index is 12.9. The van der Waals surface area contributed by atoms with Gasteiger partial charge in [0.25, 0.3) is 0 Å². The van der Waals surface area contributed by atoms with Crippen LogP contribution < -0.4 is 27.4 Å². The number of carbonyl (C=O) groups excluding carboxylic acids is 3. The second kappa shape index (κ2) is 14.9. The quantitative estimate of drug-likeness (QED) is 0.114. The molecule has 13 heteroatoms. The number of carboxylic acid groups (broad SMARTS) is 1. The summed E-state index contributed by atoms with van der Waals surface area (Å²) in [5, 5.41) is 45.0. The second-order valence-corrected chi connectivity index (χ2v) is 8.13. The van der Waals surface area contributed by atoms with E-state index < -0.39 is 60.6 Å². The Morgan fingerprint density at radius 1 is 0.914 bits per heavy atom. The third-order valence-corrected chi connectivity index (χ3v) is 5.21. The number of aliphatic hydroxyl groups is 2. The number of hydrogen-bond donors (Lipinski definition) is 9. The summed E-state index contributed by atoms with van der Waals surface area (Å²) >= 11 is 0. The number of nitrogens with one attached hydrogen (secondary N) is 3. The second-order valence-electron chi connectivity index (χ2n) is 8.13. The molecule has 11 N–H and O–H groups in total. The molecule has 0 aromatic heterocycles. The van der Waals surface area contributed by atoms with Crippen LogP contribution in [0.3, 0.4) is 0 Å². The van der Waals surface area contributed by atoms with Crippen LogP contribution in [0, 0.1) is 0 Å². The van der Waals surface area contributed by atoms with Crippen molar-refractivity contribution in [3.05, 3.63) is 29.8 Å². The fourth-order valence-electron chi connectivity index (χ4n) is 3.05. The lowest BCUT2D eigenvalue weighted by atomic mass is 10.0. The van der Waals surface area contributed by atoms with Crippen LogP contribution in [0.1, 0.15) is 31.7 Å². The molecule has 0 saturated carbocycles. The number of aromatic hydroxyl groups is 1. The summed E-state index contributed by atoms with van der Waals surface area (Å²) in [4.78, 5) is 49.3. The Kier molecular flexibility index (Phi) is 12.7. The van der Waals surface area contributed by atoms with Gasteiger partial charge in [0.2, 0.25) is 17.7 Å². The fraction of sp³-hybridized carbons (Fsp3) is 0.545. The van der Waals surface area contributed by atoms with E-state index in [1.807, 2.05) is 0 Å². The van der Waals surface area contributed by atoms with E-state index in [1.54, 1.807) is 0 Å². The van der Waals surface area contributed by atoms with E-state index in [0.29, 0.717) is 24.9 Å². The van der Waals surface area contributed by atoms with Crippen LogP contribution >= 0.6 is 0 Å². The molecular formula is C22H35N5O8. The molecule has 1 rings (SSSR count). The van der Waals surface area contributed by atoms with Crippen molar-refractivity contribution >= 4 is 23.7 Å². The van der Waals surface area contributed by atoms with Gasteiger partial charge in [0, 0.05) is 6.42 Å². The van der Waals surface area contributed by atoms with Crippen molar-refractivity contribution < 1.29 is 39.6 Å². The Morgan fingerprint density at radius 3 is 1.97 bits per heavy atom. The standard InChI is InChI=1S/C22H35N5O8/c1-12(29)18(24)21(33)26-16(10-13-5-7-14(30)8-6-13)19(31)27-17(11-28)20(32)25-15(22(34)35)4-2-3-9-23/h5-8,12,15-18,28-30H,2-4,9-11,23-24H2,1H3,(H,25,32)(H,26,33)(H,27,31)(H,34,35)/t12-,15-,16-,17-,18+/m0/s1. The number of amides is 3. The number of aliphatic hydroxyl groups excluding tert-OH is 2. The predicted molar refractivity (Wildman–Crippen MR) is 125 cm³/mol. The van der Waals surface area contributed by atoms with Crippen molar-refractivity contribution in [3.63, 3.8) is 0 Å². The summed E-state index contributed by atoms with van der Waals surface area (Å²) in [6, 6.07) is 0.477. The molecule has 0 unspecified atom stereocenters. The number of aliphatic carboxylic acids is 1. The topological polar surface area (TPSA) is 237 Å². The van der Waals surface area contributed by atoms with Crippen molar-refractivity contribution in [2.24, 2.45) is 11.5 Å². The van der Waals surface area contributed by atoms with Crippen molar-refractivity contribution in [2.45, 2.75) is 62.9 Å². The van der Waals surface area contributed by atoms with Gasteiger partial charge < -0.3 is 47.8 Å². The number of hydrogen-bond acceptors (Lipinski definition) is 9. The van der Waals surface area contributed by atoms with Gasteiger partial charge in [-0.2, -0.15) is 0 Å². The molecule has 0 fully saturated rings. The van der Waals surface area contributed by atoms with Gasteiger partial charge in [-0.15, -0.1) is 0 Å². The van der Waals surface area contributed by atoms with Gasteiger partial charge in [-0.3, -0.25) is 14.4 Å². The zero-order chi connectivity index (χ0) is 26.5. The van der Waals surface area contributed by atoms with Crippen LogP contribution in [0.25, 0.3) is 0 Å². The van der Waals surface area contributed by atoms with Crippen molar-refractivity contribution in [3.8, 4) is 5.75 Å². The van der Waals surface area contributed by atoms with Crippen LogP contribution in [-0.4, -0.2) is 87.5 Å². The Morgan fingerprint density at radius 2 is 1.46 bits per heavy atom. The summed E-state index contributed by atoms with van der Waals surface area (Å²) in [5.74, 6) is -3.88. The predicted octanol–water partition coefficient (Wildman–Crippen LogP) is -2.70.